The van der Waals surface area contributed by atoms with Crippen molar-refractivity contribution in [2.45, 2.75) is 18.3 Å². The number of alkyl halides is 3. The fourth-order valence-corrected chi connectivity index (χ4v) is 2.96. The highest BCUT2D eigenvalue weighted by molar-refractivity contribution is 5.48. The Kier molecular flexibility index (Phi) is 5.76. The van der Waals surface area contributed by atoms with Crippen LogP contribution in [0.5, 0.6) is 0 Å². The molecule has 1 aromatic heterocycles. The maximum atomic E-state index is 13.0. The average molecular weight is 371 g/mol. The Balaban J connectivity index is 1.87. The van der Waals surface area contributed by atoms with Gasteiger partial charge in [-0.05, 0) is 30.3 Å². The van der Waals surface area contributed by atoms with Crippen molar-refractivity contribution in [1.29, 1.82) is 0 Å². The molecular weight excluding hydrogens is 351 g/mol. The molecule has 0 spiro atoms. The van der Waals surface area contributed by atoms with Crippen LogP contribution >= 0.6 is 0 Å². The van der Waals surface area contributed by atoms with Gasteiger partial charge in [0.2, 0.25) is 0 Å². The SMILES string of the molecule is CNC(c1ccc(NC(c2ccccc2)c2ccccc2)cn1)C(F)(F)F. The second kappa shape index (κ2) is 8.22. The van der Waals surface area contributed by atoms with Gasteiger partial charge in [-0.3, -0.25) is 4.98 Å². The molecule has 2 N–H and O–H groups in total. The van der Waals surface area contributed by atoms with Gasteiger partial charge in [0.1, 0.15) is 6.04 Å². The molecule has 3 rings (SSSR count). The smallest absolute Gasteiger partial charge is 0.373 e. The quantitative estimate of drug-likeness (QED) is 0.633. The Morgan fingerprint density at radius 1 is 0.815 bits per heavy atom. The first kappa shape index (κ1) is 18.9. The molecule has 1 unspecified atom stereocenters. The van der Waals surface area contributed by atoms with Gasteiger partial charge < -0.3 is 10.6 Å². The third-order valence-corrected chi connectivity index (χ3v) is 4.27. The zero-order valence-corrected chi connectivity index (χ0v) is 14.7. The highest BCUT2D eigenvalue weighted by Gasteiger charge is 2.40. The summed E-state index contributed by atoms with van der Waals surface area (Å²) in [5, 5.41) is 5.63. The summed E-state index contributed by atoms with van der Waals surface area (Å²) < 4.78 is 39.1. The molecule has 0 saturated heterocycles. The van der Waals surface area contributed by atoms with Crippen molar-refractivity contribution in [2.24, 2.45) is 0 Å². The molecule has 0 amide bonds. The lowest BCUT2D eigenvalue weighted by Crippen LogP contribution is -2.32. The van der Waals surface area contributed by atoms with Crippen molar-refractivity contribution >= 4 is 5.69 Å². The number of nitrogens with zero attached hydrogens (tertiary/aromatic N) is 1. The van der Waals surface area contributed by atoms with Crippen molar-refractivity contribution in [3.63, 3.8) is 0 Å². The maximum absolute atomic E-state index is 13.0. The lowest BCUT2D eigenvalue weighted by Gasteiger charge is -2.22. The number of halogens is 3. The molecule has 0 aliphatic carbocycles. The Morgan fingerprint density at radius 2 is 1.37 bits per heavy atom. The zero-order valence-electron chi connectivity index (χ0n) is 14.7. The molecule has 3 nitrogen and oxygen atoms in total. The van der Waals surface area contributed by atoms with E-state index >= 15 is 0 Å². The second-order valence-electron chi connectivity index (χ2n) is 6.13. The molecule has 3 aromatic rings. The van der Waals surface area contributed by atoms with Gasteiger partial charge in [0.05, 0.1) is 23.6 Å². The highest BCUT2D eigenvalue weighted by Crippen LogP contribution is 2.32. The van der Waals surface area contributed by atoms with Crippen LogP contribution in [-0.4, -0.2) is 18.2 Å². The van der Waals surface area contributed by atoms with E-state index in [0.717, 1.165) is 11.1 Å². The van der Waals surface area contributed by atoms with Crippen LogP contribution in [0.25, 0.3) is 0 Å². The predicted molar refractivity (Wildman–Crippen MR) is 100 cm³/mol. The van der Waals surface area contributed by atoms with E-state index in [4.69, 9.17) is 0 Å². The first-order valence-electron chi connectivity index (χ1n) is 8.55. The number of hydrogen-bond acceptors (Lipinski definition) is 3. The number of aromatic nitrogens is 1. The molecule has 0 radical (unpaired) electrons. The highest BCUT2D eigenvalue weighted by atomic mass is 19.4. The molecule has 1 atom stereocenters. The van der Waals surface area contributed by atoms with Gasteiger partial charge in [-0.1, -0.05) is 60.7 Å². The Bertz CT molecular complexity index is 795. The number of nitrogens with one attached hydrogen (secondary N) is 2. The normalized spacial score (nSPS) is 12.8. The van der Waals surface area contributed by atoms with E-state index in [-0.39, 0.29) is 11.7 Å². The van der Waals surface area contributed by atoms with E-state index in [0.29, 0.717) is 5.69 Å². The van der Waals surface area contributed by atoms with Crippen LogP contribution in [0.3, 0.4) is 0 Å². The molecule has 0 aliphatic rings. The van der Waals surface area contributed by atoms with Crippen LogP contribution in [0.1, 0.15) is 28.9 Å². The van der Waals surface area contributed by atoms with E-state index in [2.05, 4.69) is 15.6 Å². The third-order valence-electron chi connectivity index (χ3n) is 4.27. The number of benzene rings is 2. The van der Waals surface area contributed by atoms with E-state index in [1.165, 1.54) is 19.3 Å². The van der Waals surface area contributed by atoms with Gasteiger partial charge in [0.25, 0.3) is 0 Å². The Morgan fingerprint density at radius 3 is 1.78 bits per heavy atom. The first-order chi connectivity index (χ1) is 13.0. The molecule has 27 heavy (non-hydrogen) atoms. The van der Waals surface area contributed by atoms with Gasteiger partial charge in [0.15, 0.2) is 0 Å². The van der Waals surface area contributed by atoms with Gasteiger partial charge in [0, 0.05) is 0 Å². The summed E-state index contributed by atoms with van der Waals surface area (Å²) in [6.07, 6.45) is -2.96. The van der Waals surface area contributed by atoms with Crippen LogP contribution < -0.4 is 10.6 Å². The molecular formula is C21H20F3N3. The van der Waals surface area contributed by atoms with Crippen molar-refractivity contribution in [1.82, 2.24) is 10.3 Å². The lowest BCUT2D eigenvalue weighted by molar-refractivity contribution is -0.157. The summed E-state index contributed by atoms with van der Waals surface area (Å²) in [5.41, 5.74) is 2.69. The van der Waals surface area contributed by atoms with Crippen LogP contribution in [0, 0.1) is 0 Å². The molecule has 6 heteroatoms. The molecule has 0 aliphatic heterocycles. The average Bonchev–Trinajstić information content (AvgIpc) is 2.68. The lowest BCUT2D eigenvalue weighted by atomic mass is 9.98. The molecule has 0 saturated carbocycles. The van der Waals surface area contributed by atoms with Gasteiger partial charge in [-0.15, -0.1) is 0 Å². The first-order valence-corrected chi connectivity index (χ1v) is 8.55. The second-order valence-corrected chi connectivity index (χ2v) is 6.13. The predicted octanol–water partition coefficient (Wildman–Crippen LogP) is 5.11. The summed E-state index contributed by atoms with van der Waals surface area (Å²) in [5.74, 6) is 0. The van der Waals surface area contributed by atoms with Crippen LogP contribution in [0.4, 0.5) is 18.9 Å². The van der Waals surface area contributed by atoms with Crippen LogP contribution in [0.15, 0.2) is 79.0 Å². The molecule has 0 fully saturated rings. The molecule has 0 bridgehead atoms. The van der Waals surface area contributed by atoms with E-state index in [9.17, 15) is 13.2 Å². The fourth-order valence-electron chi connectivity index (χ4n) is 2.96. The Hall–Kier alpha value is -2.86. The minimum atomic E-state index is -4.40. The summed E-state index contributed by atoms with van der Waals surface area (Å²) >= 11 is 0. The molecule has 1 heterocycles. The number of hydrogen-bond donors (Lipinski definition) is 2. The third kappa shape index (κ3) is 4.65. The summed E-state index contributed by atoms with van der Waals surface area (Å²) in [6.45, 7) is 0. The van der Waals surface area contributed by atoms with Crippen LogP contribution in [-0.2, 0) is 0 Å². The molecule has 2 aromatic carbocycles. The largest absolute Gasteiger partial charge is 0.409 e. The van der Waals surface area contributed by atoms with E-state index < -0.39 is 12.2 Å². The summed E-state index contributed by atoms with van der Waals surface area (Å²) in [7, 11) is 1.27. The van der Waals surface area contributed by atoms with E-state index in [1.807, 2.05) is 60.7 Å². The minimum absolute atomic E-state index is 0.0634. The zero-order chi connectivity index (χ0) is 19.3. The van der Waals surface area contributed by atoms with E-state index in [1.54, 1.807) is 6.07 Å². The Labute approximate surface area is 156 Å². The minimum Gasteiger partial charge on any atom is -0.373 e. The topological polar surface area (TPSA) is 37.0 Å². The number of rotatable bonds is 6. The summed E-state index contributed by atoms with van der Waals surface area (Å²) in [4.78, 5) is 4.01. The number of pyridine rings is 1. The number of anilines is 1. The summed E-state index contributed by atoms with van der Waals surface area (Å²) in [6, 6.07) is 20.8. The van der Waals surface area contributed by atoms with Crippen molar-refractivity contribution < 1.29 is 13.2 Å². The van der Waals surface area contributed by atoms with Gasteiger partial charge in [-0.25, -0.2) is 0 Å². The standard InChI is InChI=1S/C21H20F3N3/c1-25-20(21(22,23)24)18-13-12-17(14-26-18)27-19(15-8-4-2-5-9-15)16-10-6-3-7-11-16/h2-14,19-20,25,27H,1H3. The van der Waals surface area contributed by atoms with Crippen LogP contribution in [0.2, 0.25) is 0 Å². The van der Waals surface area contributed by atoms with Gasteiger partial charge in [-0.2, -0.15) is 13.2 Å². The van der Waals surface area contributed by atoms with Crippen molar-refractivity contribution in [3.05, 3.63) is 95.8 Å². The monoisotopic (exact) mass is 371 g/mol. The maximum Gasteiger partial charge on any atom is 0.409 e. The van der Waals surface area contributed by atoms with Crippen molar-refractivity contribution in [3.8, 4) is 0 Å². The van der Waals surface area contributed by atoms with Gasteiger partial charge >= 0.3 is 6.18 Å². The van der Waals surface area contributed by atoms with Crippen molar-refractivity contribution in [2.75, 3.05) is 12.4 Å². The fraction of sp³-hybridized carbons (Fsp3) is 0.190. The molecule has 140 valence electrons.